The van der Waals surface area contributed by atoms with Crippen molar-refractivity contribution in [1.82, 2.24) is 4.98 Å². The minimum absolute atomic E-state index is 0.255. The van der Waals surface area contributed by atoms with Crippen molar-refractivity contribution in [3.05, 3.63) is 36.9 Å². The summed E-state index contributed by atoms with van der Waals surface area (Å²) >= 11 is 3.21. The van der Waals surface area contributed by atoms with Gasteiger partial charge in [0.05, 0.1) is 10.2 Å². The summed E-state index contributed by atoms with van der Waals surface area (Å²) in [5.74, 6) is 0. The largest absolute Gasteiger partial charge is 0.228 e. The number of hydrogen-bond acceptors (Lipinski definition) is 4. The van der Waals surface area contributed by atoms with Crippen LogP contribution in [0.4, 0.5) is 0 Å². The molecule has 1 aliphatic rings. The van der Waals surface area contributed by atoms with Crippen LogP contribution < -0.4 is 0 Å². The molecule has 20 heavy (non-hydrogen) atoms. The van der Waals surface area contributed by atoms with Crippen molar-refractivity contribution in [3.63, 3.8) is 0 Å². The van der Waals surface area contributed by atoms with E-state index in [0.29, 0.717) is 0 Å². The number of benzene rings is 1. The van der Waals surface area contributed by atoms with Gasteiger partial charge in [0.25, 0.3) is 0 Å². The highest BCUT2D eigenvalue weighted by molar-refractivity contribution is 8.00. The molecule has 3 rings (SSSR count). The molecule has 0 aliphatic heterocycles. The zero-order valence-corrected chi connectivity index (χ0v) is 13.1. The van der Waals surface area contributed by atoms with Crippen LogP contribution in [0, 0.1) is 5.41 Å². The number of para-hydroxylation sites is 1. The van der Waals surface area contributed by atoms with Crippen molar-refractivity contribution >= 4 is 39.7 Å². The average molecular weight is 302 g/mol. The second kappa shape index (κ2) is 6.10. The van der Waals surface area contributed by atoms with E-state index in [1.165, 1.54) is 42.3 Å². The highest BCUT2D eigenvalue weighted by Gasteiger charge is 2.30. The molecule has 1 aliphatic carbocycles. The van der Waals surface area contributed by atoms with Gasteiger partial charge in [-0.15, -0.1) is 17.9 Å². The monoisotopic (exact) mass is 302 g/mol. The maximum Gasteiger partial charge on any atom is 0.173 e. The normalized spacial score (nSPS) is 18.0. The van der Waals surface area contributed by atoms with Crippen molar-refractivity contribution in [2.75, 3.05) is 0 Å². The van der Waals surface area contributed by atoms with Gasteiger partial charge in [-0.1, -0.05) is 31.1 Å². The minimum atomic E-state index is 0.255. The fraction of sp³-hybridized carbons (Fsp3) is 0.375. The van der Waals surface area contributed by atoms with Gasteiger partial charge >= 0.3 is 0 Å². The molecule has 0 amide bonds. The molecule has 1 heterocycles. The zero-order chi connectivity index (χ0) is 13.8. The third kappa shape index (κ3) is 2.96. The van der Waals surface area contributed by atoms with Crippen LogP contribution in [0.3, 0.4) is 0 Å². The molecule has 1 aromatic heterocycles. The Kier molecular flexibility index (Phi) is 4.22. The lowest BCUT2D eigenvalue weighted by Crippen LogP contribution is -2.16. The summed E-state index contributed by atoms with van der Waals surface area (Å²) < 4.78 is 6.85. The lowest BCUT2D eigenvalue weighted by atomic mass is 9.84. The van der Waals surface area contributed by atoms with Gasteiger partial charge in [-0.2, -0.15) is 0 Å². The van der Waals surface area contributed by atoms with E-state index < -0.39 is 0 Å². The van der Waals surface area contributed by atoms with E-state index in [1.54, 1.807) is 11.3 Å². The van der Waals surface area contributed by atoms with Crippen LogP contribution in [0.5, 0.6) is 0 Å². The summed E-state index contributed by atoms with van der Waals surface area (Å²) in [5.41, 5.74) is 1.32. The first-order chi connectivity index (χ1) is 9.81. The molecule has 1 fully saturated rings. The first kappa shape index (κ1) is 13.8. The van der Waals surface area contributed by atoms with E-state index in [-0.39, 0.29) is 5.41 Å². The number of nitrogens with zero attached hydrogens (tertiary/aromatic N) is 2. The van der Waals surface area contributed by atoms with Gasteiger partial charge in [0.1, 0.15) is 0 Å². The van der Waals surface area contributed by atoms with Crippen LogP contribution in [0.15, 0.2) is 45.7 Å². The van der Waals surface area contributed by atoms with Crippen LogP contribution in [-0.2, 0) is 0 Å². The van der Waals surface area contributed by atoms with Crippen LogP contribution >= 0.6 is 23.3 Å². The summed E-state index contributed by atoms with van der Waals surface area (Å²) in [4.78, 5) is 4.59. The summed E-state index contributed by atoms with van der Waals surface area (Å²) in [6, 6.07) is 8.24. The third-order valence-electron chi connectivity index (χ3n) is 3.88. The molecule has 0 bridgehead atoms. The molecule has 0 spiro atoms. The van der Waals surface area contributed by atoms with Crippen molar-refractivity contribution < 1.29 is 0 Å². The molecule has 0 saturated heterocycles. The predicted octanol–water partition coefficient (Wildman–Crippen LogP) is 5.51. The van der Waals surface area contributed by atoms with Gasteiger partial charge in [0.2, 0.25) is 0 Å². The van der Waals surface area contributed by atoms with E-state index in [0.717, 1.165) is 16.3 Å². The minimum Gasteiger partial charge on any atom is -0.228 e. The number of fused-ring (bicyclic) bond motifs is 1. The van der Waals surface area contributed by atoms with Crippen LogP contribution in [0.2, 0.25) is 0 Å². The number of rotatable bonds is 5. The SMILES string of the molecule is C=CCC1(/C=N/Sc2nc3ccccc3s2)CCCC1. The van der Waals surface area contributed by atoms with Gasteiger partial charge in [-0.3, -0.25) is 0 Å². The Balaban J connectivity index is 1.71. The Labute approximate surface area is 128 Å². The Morgan fingerprint density at radius 3 is 2.90 bits per heavy atom. The topological polar surface area (TPSA) is 25.2 Å². The first-order valence-corrected chi connectivity index (χ1v) is 8.58. The highest BCUT2D eigenvalue weighted by atomic mass is 32.2. The molecule has 2 aromatic rings. The van der Waals surface area contributed by atoms with Crippen LogP contribution in [-0.4, -0.2) is 11.2 Å². The Morgan fingerprint density at radius 2 is 2.15 bits per heavy atom. The van der Waals surface area contributed by atoms with Gasteiger partial charge in [-0.05, 0) is 31.4 Å². The summed E-state index contributed by atoms with van der Waals surface area (Å²) in [7, 11) is 0. The van der Waals surface area contributed by atoms with Crippen molar-refractivity contribution in [2.45, 2.75) is 36.4 Å². The molecule has 0 N–H and O–H groups in total. The van der Waals surface area contributed by atoms with Crippen LogP contribution in [0.1, 0.15) is 32.1 Å². The standard InChI is InChI=1S/C16H18N2S2/c1-2-9-16(10-5-6-11-16)12-17-20-15-18-13-7-3-4-8-14(13)19-15/h2-4,7-8,12H,1,5-6,9-11H2/b17-12+. The Morgan fingerprint density at radius 1 is 1.35 bits per heavy atom. The molecule has 104 valence electrons. The zero-order valence-electron chi connectivity index (χ0n) is 11.4. The Bertz CT molecular complexity index is 591. The fourth-order valence-electron chi connectivity index (χ4n) is 2.83. The van der Waals surface area contributed by atoms with E-state index in [1.807, 2.05) is 12.1 Å². The molecular weight excluding hydrogens is 284 g/mol. The summed E-state index contributed by atoms with van der Waals surface area (Å²) in [5, 5.41) is 0. The molecule has 0 radical (unpaired) electrons. The summed E-state index contributed by atoms with van der Waals surface area (Å²) in [6.45, 7) is 3.89. The maximum absolute atomic E-state index is 4.60. The van der Waals surface area contributed by atoms with E-state index in [9.17, 15) is 0 Å². The molecule has 4 heteroatoms. The molecular formula is C16H18N2S2. The molecule has 2 nitrogen and oxygen atoms in total. The highest BCUT2D eigenvalue weighted by Crippen LogP contribution is 2.40. The second-order valence-corrected chi connectivity index (χ2v) is 7.40. The number of aromatic nitrogens is 1. The van der Waals surface area contributed by atoms with Crippen molar-refractivity contribution in [2.24, 2.45) is 9.81 Å². The van der Waals surface area contributed by atoms with Crippen molar-refractivity contribution in [3.8, 4) is 0 Å². The lowest BCUT2D eigenvalue weighted by molar-refractivity contribution is 0.453. The Hall–Kier alpha value is -1.13. The van der Waals surface area contributed by atoms with Gasteiger partial charge < -0.3 is 0 Å². The average Bonchev–Trinajstić information content (AvgIpc) is 3.06. The molecule has 0 unspecified atom stereocenters. The first-order valence-electron chi connectivity index (χ1n) is 6.99. The quantitative estimate of drug-likeness (QED) is 0.413. The van der Waals surface area contributed by atoms with E-state index in [4.69, 9.17) is 0 Å². The van der Waals surface area contributed by atoms with Gasteiger partial charge in [0, 0.05) is 23.6 Å². The second-order valence-electron chi connectivity index (χ2n) is 5.34. The lowest BCUT2D eigenvalue weighted by Gasteiger charge is -2.21. The molecule has 1 aromatic carbocycles. The van der Waals surface area contributed by atoms with Crippen molar-refractivity contribution in [1.29, 1.82) is 0 Å². The third-order valence-corrected chi connectivity index (χ3v) is 5.64. The summed E-state index contributed by atoms with van der Waals surface area (Å²) in [6.07, 6.45) is 10.3. The van der Waals surface area contributed by atoms with Gasteiger partial charge in [-0.25, -0.2) is 9.38 Å². The maximum atomic E-state index is 4.60. The predicted molar refractivity (Wildman–Crippen MR) is 89.7 cm³/mol. The number of thiazole rings is 1. The number of hydrogen-bond donors (Lipinski definition) is 0. The fourth-order valence-corrected chi connectivity index (χ4v) is 4.58. The molecule has 1 saturated carbocycles. The van der Waals surface area contributed by atoms with E-state index in [2.05, 4.69) is 40.4 Å². The smallest absolute Gasteiger partial charge is 0.173 e. The van der Waals surface area contributed by atoms with Crippen LogP contribution in [0.25, 0.3) is 10.2 Å². The number of allylic oxidation sites excluding steroid dienone is 1. The van der Waals surface area contributed by atoms with Gasteiger partial charge in [0.15, 0.2) is 4.34 Å². The van der Waals surface area contributed by atoms with E-state index >= 15 is 0 Å². The molecule has 0 atom stereocenters.